The molecule has 0 bridgehead atoms. The predicted molar refractivity (Wildman–Crippen MR) is 115 cm³/mol. The summed E-state index contributed by atoms with van der Waals surface area (Å²) in [4.78, 5) is 11.4. The fraction of sp³-hybridized carbons (Fsp3) is 0.875. The van der Waals surface area contributed by atoms with Gasteiger partial charge in [0, 0.05) is 6.42 Å². The van der Waals surface area contributed by atoms with Crippen LogP contribution in [-0.2, 0) is 9.53 Å². The van der Waals surface area contributed by atoms with Gasteiger partial charge in [-0.1, -0.05) is 103 Å². The van der Waals surface area contributed by atoms with Gasteiger partial charge in [-0.15, -0.1) is 0 Å². The monoisotopic (exact) mass is 366 g/mol. The molecule has 0 unspecified atom stereocenters. The largest absolute Gasteiger partial charge is 0.466 e. The maximum Gasteiger partial charge on any atom is 0.305 e. The fourth-order valence-electron chi connectivity index (χ4n) is 3.11. The maximum absolute atomic E-state index is 11.4. The zero-order valence-electron chi connectivity index (χ0n) is 17.9. The van der Waals surface area contributed by atoms with Crippen LogP contribution in [0, 0.1) is 0 Å². The average Bonchev–Trinajstić information content (AvgIpc) is 2.64. The van der Waals surface area contributed by atoms with Crippen molar-refractivity contribution in [3.63, 3.8) is 0 Å². The van der Waals surface area contributed by atoms with Crippen LogP contribution in [0.2, 0.25) is 0 Å². The van der Waals surface area contributed by atoms with E-state index in [2.05, 4.69) is 26.0 Å². The SMILES string of the molecule is CCCCCCCCCCCCCCC=CCCCC(=O)OCCCC. The summed E-state index contributed by atoms with van der Waals surface area (Å²) in [5, 5.41) is 0. The van der Waals surface area contributed by atoms with Crippen molar-refractivity contribution >= 4 is 5.97 Å². The van der Waals surface area contributed by atoms with Gasteiger partial charge in [-0.2, -0.15) is 0 Å². The number of ether oxygens (including phenoxy) is 1. The Hall–Kier alpha value is -0.790. The number of esters is 1. The summed E-state index contributed by atoms with van der Waals surface area (Å²) in [7, 11) is 0. The zero-order valence-corrected chi connectivity index (χ0v) is 17.9. The first kappa shape index (κ1) is 25.2. The minimum atomic E-state index is -0.0344. The molecular weight excluding hydrogens is 320 g/mol. The summed E-state index contributed by atoms with van der Waals surface area (Å²) in [5.74, 6) is -0.0344. The standard InChI is InChI=1S/C24H46O2/c1-3-5-7-8-9-10-11-12-13-14-15-16-17-18-19-20-21-22-24(25)26-23-6-4-2/h18-19H,3-17,20-23H2,1-2H3. The summed E-state index contributed by atoms with van der Waals surface area (Å²) in [6, 6.07) is 0. The van der Waals surface area contributed by atoms with E-state index in [4.69, 9.17) is 4.74 Å². The molecule has 0 aliphatic heterocycles. The van der Waals surface area contributed by atoms with Gasteiger partial charge in [0.25, 0.3) is 0 Å². The molecule has 154 valence electrons. The predicted octanol–water partition coefficient (Wildman–Crippen LogP) is 8.15. The Morgan fingerprint density at radius 1 is 0.615 bits per heavy atom. The van der Waals surface area contributed by atoms with Gasteiger partial charge < -0.3 is 4.74 Å². The summed E-state index contributed by atoms with van der Waals surface area (Å²) >= 11 is 0. The van der Waals surface area contributed by atoms with Crippen LogP contribution < -0.4 is 0 Å². The molecule has 0 aliphatic rings. The molecule has 0 atom stereocenters. The van der Waals surface area contributed by atoms with E-state index in [1.165, 1.54) is 83.5 Å². The summed E-state index contributed by atoms with van der Waals surface area (Å²) in [6.07, 6.45) is 27.1. The lowest BCUT2D eigenvalue weighted by atomic mass is 10.0. The van der Waals surface area contributed by atoms with E-state index >= 15 is 0 Å². The highest BCUT2D eigenvalue weighted by Crippen LogP contribution is 2.12. The van der Waals surface area contributed by atoms with E-state index in [-0.39, 0.29) is 5.97 Å². The van der Waals surface area contributed by atoms with Crippen molar-refractivity contribution in [3.8, 4) is 0 Å². The first-order chi connectivity index (χ1) is 12.8. The highest BCUT2D eigenvalue weighted by Gasteiger charge is 2.00. The third kappa shape index (κ3) is 21.3. The van der Waals surface area contributed by atoms with Gasteiger partial charge in [0.15, 0.2) is 0 Å². The van der Waals surface area contributed by atoms with Gasteiger partial charge in [-0.25, -0.2) is 0 Å². The van der Waals surface area contributed by atoms with Crippen LogP contribution in [0.4, 0.5) is 0 Å². The van der Waals surface area contributed by atoms with Crippen molar-refractivity contribution in [3.05, 3.63) is 12.2 Å². The van der Waals surface area contributed by atoms with Crippen LogP contribution in [0.3, 0.4) is 0 Å². The van der Waals surface area contributed by atoms with Crippen molar-refractivity contribution in [2.24, 2.45) is 0 Å². The molecule has 0 N–H and O–H groups in total. The second-order valence-electron chi connectivity index (χ2n) is 7.62. The highest BCUT2D eigenvalue weighted by molar-refractivity contribution is 5.69. The van der Waals surface area contributed by atoms with Gasteiger partial charge in [0.1, 0.15) is 0 Å². The average molecular weight is 367 g/mol. The van der Waals surface area contributed by atoms with Gasteiger partial charge >= 0.3 is 5.97 Å². The minimum Gasteiger partial charge on any atom is -0.466 e. The summed E-state index contributed by atoms with van der Waals surface area (Å²) < 4.78 is 5.15. The highest BCUT2D eigenvalue weighted by atomic mass is 16.5. The molecule has 0 spiro atoms. The zero-order chi connectivity index (χ0) is 19.1. The smallest absolute Gasteiger partial charge is 0.305 e. The lowest BCUT2D eigenvalue weighted by Crippen LogP contribution is -2.04. The number of carbonyl (C=O) groups is 1. The number of hydrogen-bond acceptors (Lipinski definition) is 2. The molecule has 0 aromatic rings. The molecule has 2 nitrogen and oxygen atoms in total. The number of allylic oxidation sites excluding steroid dienone is 2. The lowest BCUT2D eigenvalue weighted by molar-refractivity contribution is -0.143. The van der Waals surface area contributed by atoms with Crippen molar-refractivity contribution < 1.29 is 9.53 Å². The molecule has 0 radical (unpaired) electrons. The van der Waals surface area contributed by atoms with Crippen molar-refractivity contribution in [2.75, 3.05) is 6.61 Å². The van der Waals surface area contributed by atoms with Gasteiger partial charge in [0.2, 0.25) is 0 Å². The van der Waals surface area contributed by atoms with E-state index in [1.54, 1.807) is 0 Å². The van der Waals surface area contributed by atoms with E-state index in [0.29, 0.717) is 13.0 Å². The molecule has 0 saturated carbocycles. The Balaban J connectivity index is 3.16. The second kappa shape index (κ2) is 22.3. The maximum atomic E-state index is 11.4. The minimum absolute atomic E-state index is 0.0344. The molecule has 0 fully saturated rings. The van der Waals surface area contributed by atoms with E-state index in [9.17, 15) is 4.79 Å². The number of carbonyl (C=O) groups excluding carboxylic acids is 1. The quantitative estimate of drug-likeness (QED) is 0.123. The first-order valence-corrected chi connectivity index (χ1v) is 11.6. The van der Waals surface area contributed by atoms with Crippen molar-refractivity contribution in [1.29, 1.82) is 0 Å². The van der Waals surface area contributed by atoms with Crippen LogP contribution in [0.5, 0.6) is 0 Å². The van der Waals surface area contributed by atoms with Gasteiger partial charge in [0.05, 0.1) is 6.61 Å². The first-order valence-electron chi connectivity index (χ1n) is 11.6. The molecule has 2 heteroatoms. The summed E-state index contributed by atoms with van der Waals surface area (Å²) in [6.45, 7) is 4.98. The van der Waals surface area contributed by atoms with Crippen LogP contribution >= 0.6 is 0 Å². The second-order valence-corrected chi connectivity index (χ2v) is 7.62. The Labute approximate surface area is 164 Å². The topological polar surface area (TPSA) is 26.3 Å². The number of hydrogen-bond donors (Lipinski definition) is 0. The Morgan fingerprint density at radius 3 is 1.62 bits per heavy atom. The van der Waals surface area contributed by atoms with Gasteiger partial charge in [-0.05, 0) is 32.1 Å². The molecule has 0 amide bonds. The fourth-order valence-corrected chi connectivity index (χ4v) is 3.11. The molecule has 26 heavy (non-hydrogen) atoms. The van der Waals surface area contributed by atoms with Crippen LogP contribution in [-0.4, -0.2) is 12.6 Å². The van der Waals surface area contributed by atoms with Gasteiger partial charge in [-0.3, -0.25) is 4.79 Å². The Morgan fingerprint density at radius 2 is 1.08 bits per heavy atom. The van der Waals surface area contributed by atoms with Crippen LogP contribution in [0.1, 0.15) is 129 Å². The molecule has 0 aliphatic carbocycles. The molecular formula is C24H46O2. The molecule has 0 saturated heterocycles. The van der Waals surface area contributed by atoms with Crippen LogP contribution in [0.15, 0.2) is 12.2 Å². The third-order valence-corrected chi connectivity index (χ3v) is 4.90. The van der Waals surface area contributed by atoms with Crippen LogP contribution in [0.25, 0.3) is 0 Å². The van der Waals surface area contributed by atoms with E-state index < -0.39 is 0 Å². The van der Waals surface area contributed by atoms with Crippen molar-refractivity contribution in [2.45, 2.75) is 129 Å². The molecule has 0 rings (SSSR count). The van der Waals surface area contributed by atoms with Crippen molar-refractivity contribution in [1.82, 2.24) is 0 Å². The van der Waals surface area contributed by atoms with E-state index in [0.717, 1.165) is 25.7 Å². The molecule has 0 aromatic heterocycles. The number of unbranched alkanes of at least 4 members (excludes halogenated alkanes) is 14. The molecule has 0 aromatic carbocycles. The molecule has 0 heterocycles. The normalized spacial score (nSPS) is 11.3. The Bertz CT molecular complexity index is 309. The lowest BCUT2D eigenvalue weighted by Gasteiger charge is -2.02. The summed E-state index contributed by atoms with van der Waals surface area (Å²) in [5.41, 5.74) is 0. The number of rotatable bonds is 20. The Kier molecular flexibility index (Phi) is 21.6. The van der Waals surface area contributed by atoms with E-state index in [1.807, 2.05) is 0 Å². The third-order valence-electron chi connectivity index (χ3n) is 4.90.